The maximum absolute atomic E-state index is 8.88. The van der Waals surface area contributed by atoms with E-state index >= 15 is 0 Å². The number of H-pyrrole nitrogens is 1. The zero-order chi connectivity index (χ0) is 12.5. The molecule has 0 fully saturated rings. The molecule has 0 aliphatic carbocycles. The van der Waals surface area contributed by atoms with Crippen molar-refractivity contribution in [2.24, 2.45) is 0 Å². The number of furan rings is 1. The maximum Gasteiger partial charge on any atom is 0.262 e. The fourth-order valence-electron chi connectivity index (χ4n) is 1.59. The Morgan fingerprint density at radius 3 is 3.00 bits per heavy atom. The molecule has 3 aromatic heterocycles. The van der Waals surface area contributed by atoms with Crippen LogP contribution in [0.4, 0.5) is 0 Å². The zero-order valence-corrected chi connectivity index (χ0v) is 9.34. The highest BCUT2D eigenvalue weighted by Gasteiger charge is 2.17. The fourth-order valence-corrected chi connectivity index (χ4v) is 1.59. The summed E-state index contributed by atoms with van der Waals surface area (Å²) in [5, 5.41) is 19.0. The van der Waals surface area contributed by atoms with Gasteiger partial charge in [-0.1, -0.05) is 5.16 Å². The number of rotatable bonds is 2. The standard InChI is InChI=1S/C11H7N5O2/c1-6-7(2-3-17-6)10-14-11(18-16-10)8-5-13-15-9(8)4-12/h2-3,5H,1H3,(H,13,15). The molecule has 3 rings (SSSR count). The molecule has 0 atom stereocenters. The van der Waals surface area contributed by atoms with Gasteiger partial charge in [0.2, 0.25) is 5.82 Å². The van der Waals surface area contributed by atoms with Gasteiger partial charge in [-0.15, -0.1) is 0 Å². The summed E-state index contributed by atoms with van der Waals surface area (Å²) < 4.78 is 10.3. The second kappa shape index (κ2) is 3.85. The highest BCUT2D eigenvalue weighted by Crippen LogP contribution is 2.25. The number of hydrogen-bond donors (Lipinski definition) is 1. The summed E-state index contributed by atoms with van der Waals surface area (Å²) in [6, 6.07) is 3.72. The second-order valence-corrected chi connectivity index (χ2v) is 3.58. The third kappa shape index (κ3) is 1.48. The van der Waals surface area contributed by atoms with Crippen molar-refractivity contribution in [3.05, 3.63) is 30.0 Å². The fraction of sp³-hybridized carbons (Fsp3) is 0.0909. The average molecular weight is 241 g/mol. The van der Waals surface area contributed by atoms with Crippen LogP contribution >= 0.6 is 0 Å². The van der Waals surface area contributed by atoms with Crippen LogP contribution in [0.2, 0.25) is 0 Å². The SMILES string of the molecule is Cc1occc1-c1noc(-c2cn[nH]c2C#N)n1. The highest BCUT2D eigenvalue weighted by atomic mass is 16.5. The molecule has 1 N–H and O–H groups in total. The number of hydrogen-bond acceptors (Lipinski definition) is 6. The van der Waals surface area contributed by atoms with E-state index in [4.69, 9.17) is 14.2 Å². The molecule has 0 saturated heterocycles. The van der Waals surface area contributed by atoms with Crippen molar-refractivity contribution in [3.63, 3.8) is 0 Å². The second-order valence-electron chi connectivity index (χ2n) is 3.58. The molecule has 3 heterocycles. The number of nitrogens with one attached hydrogen (secondary N) is 1. The van der Waals surface area contributed by atoms with Crippen LogP contribution in [0, 0.1) is 18.3 Å². The van der Waals surface area contributed by atoms with Crippen LogP contribution in [0.15, 0.2) is 27.5 Å². The molecule has 0 radical (unpaired) electrons. The van der Waals surface area contributed by atoms with Gasteiger partial charge in [-0.2, -0.15) is 15.3 Å². The molecule has 0 saturated carbocycles. The third-order valence-corrected chi connectivity index (χ3v) is 2.51. The Balaban J connectivity index is 2.06. The van der Waals surface area contributed by atoms with Crippen LogP contribution in [-0.2, 0) is 0 Å². The van der Waals surface area contributed by atoms with Crippen molar-refractivity contribution in [2.45, 2.75) is 6.92 Å². The summed E-state index contributed by atoms with van der Waals surface area (Å²) in [5.74, 6) is 1.37. The Bertz CT molecular complexity index is 731. The molecule has 0 aliphatic rings. The van der Waals surface area contributed by atoms with Gasteiger partial charge >= 0.3 is 0 Å². The first-order valence-corrected chi connectivity index (χ1v) is 5.11. The lowest BCUT2D eigenvalue weighted by Crippen LogP contribution is -1.82. The van der Waals surface area contributed by atoms with Gasteiger partial charge < -0.3 is 8.94 Å². The molecule has 0 bridgehead atoms. The summed E-state index contributed by atoms with van der Waals surface area (Å²) in [4.78, 5) is 4.22. The van der Waals surface area contributed by atoms with E-state index in [9.17, 15) is 0 Å². The number of aromatic nitrogens is 4. The van der Waals surface area contributed by atoms with Crippen LogP contribution in [0.3, 0.4) is 0 Å². The summed E-state index contributed by atoms with van der Waals surface area (Å²) in [5.41, 5.74) is 1.53. The molecule has 7 heteroatoms. The Kier molecular flexibility index (Phi) is 2.20. The third-order valence-electron chi connectivity index (χ3n) is 2.51. The van der Waals surface area contributed by atoms with Gasteiger partial charge in [0.25, 0.3) is 5.89 Å². The van der Waals surface area contributed by atoms with Gasteiger partial charge in [-0.05, 0) is 13.0 Å². The molecule has 0 aliphatic heterocycles. The van der Waals surface area contributed by atoms with Crippen molar-refractivity contribution >= 4 is 0 Å². The van der Waals surface area contributed by atoms with E-state index in [0.717, 1.165) is 5.56 Å². The smallest absolute Gasteiger partial charge is 0.262 e. The summed E-state index contributed by atoms with van der Waals surface area (Å²) in [6.07, 6.45) is 3.03. The molecule has 18 heavy (non-hydrogen) atoms. The lowest BCUT2D eigenvalue weighted by molar-refractivity contribution is 0.432. The minimum Gasteiger partial charge on any atom is -0.469 e. The van der Waals surface area contributed by atoms with Crippen molar-refractivity contribution < 1.29 is 8.94 Å². The summed E-state index contributed by atoms with van der Waals surface area (Å²) in [6.45, 7) is 1.81. The van der Waals surface area contributed by atoms with Crippen molar-refractivity contribution in [2.75, 3.05) is 0 Å². The molecular formula is C11H7N5O2. The van der Waals surface area contributed by atoms with Crippen LogP contribution < -0.4 is 0 Å². The molecule has 88 valence electrons. The summed E-state index contributed by atoms with van der Waals surface area (Å²) in [7, 11) is 0. The first-order chi connectivity index (χ1) is 8.79. The number of nitriles is 1. The lowest BCUT2D eigenvalue weighted by atomic mass is 10.2. The Labute approximate surface area is 101 Å². The number of nitrogens with zero attached hydrogens (tertiary/aromatic N) is 4. The number of aryl methyl sites for hydroxylation is 1. The predicted molar refractivity (Wildman–Crippen MR) is 59.0 cm³/mol. The molecular weight excluding hydrogens is 234 g/mol. The van der Waals surface area contributed by atoms with E-state index in [2.05, 4.69) is 20.3 Å². The van der Waals surface area contributed by atoms with Crippen molar-refractivity contribution in [1.82, 2.24) is 20.3 Å². The summed E-state index contributed by atoms with van der Waals surface area (Å²) >= 11 is 0. The highest BCUT2D eigenvalue weighted by molar-refractivity contribution is 5.63. The lowest BCUT2D eigenvalue weighted by Gasteiger charge is -1.88. The van der Waals surface area contributed by atoms with Crippen molar-refractivity contribution in [1.29, 1.82) is 5.26 Å². The van der Waals surface area contributed by atoms with Gasteiger partial charge in [0, 0.05) is 0 Å². The van der Waals surface area contributed by atoms with Crippen LogP contribution in [0.25, 0.3) is 22.8 Å². The minimum absolute atomic E-state index is 0.246. The van der Waals surface area contributed by atoms with Crippen LogP contribution in [0.5, 0.6) is 0 Å². The minimum atomic E-state index is 0.246. The van der Waals surface area contributed by atoms with E-state index in [1.165, 1.54) is 6.20 Å². The molecule has 0 aromatic carbocycles. The van der Waals surface area contributed by atoms with Gasteiger partial charge in [0.05, 0.1) is 23.6 Å². The van der Waals surface area contributed by atoms with E-state index in [1.54, 1.807) is 12.3 Å². The van der Waals surface area contributed by atoms with Crippen LogP contribution in [0.1, 0.15) is 11.5 Å². The largest absolute Gasteiger partial charge is 0.469 e. The average Bonchev–Trinajstić information content (AvgIpc) is 3.06. The van der Waals surface area contributed by atoms with Crippen LogP contribution in [-0.4, -0.2) is 20.3 Å². The molecule has 0 spiro atoms. The normalized spacial score (nSPS) is 10.4. The van der Waals surface area contributed by atoms with Gasteiger partial charge in [0.1, 0.15) is 17.5 Å². The Morgan fingerprint density at radius 2 is 2.28 bits per heavy atom. The molecule has 3 aromatic rings. The monoisotopic (exact) mass is 241 g/mol. The Morgan fingerprint density at radius 1 is 1.39 bits per heavy atom. The number of aromatic amines is 1. The zero-order valence-electron chi connectivity index (χ0n) is 9.34. The van der Waals surface area contributed by atoms with E-state index in [-0.39, 0.29) is 11.6 Å². The first-order valence-electron chi connectivity index (χ1n) is 5.11. The quantitative estimate of drug-likeness (QED) is 0.734. The molecule has 0 amide bonds. The predicted octanol–water partition coefficient (Wildman–Crippen LogP) is 1.90. The van der Waals surface area contributed by atoms with Gasteiger partial charge in [-0.25, -0.2) is 0 Å². The Hall–Kier alpha value is -2.88. The maximum atomic E-state index is 8.88. The molecule has 0 unspecified atom stereocenters. The van der Waals surface area contributed by atoms with E-state index < -0.39 is 0 Å². The van der Waals surface area contributed by atoms with Gasteiger partial charge in [0.15, 0.2) is 0 Å². The van der Waals surface area contributed by atoms with Crippen molar-refractivity contribution in [3.8, 4) is 28.9 Å². The van der Waals surface area contributed by atoms with E-state index in [0.29, 0.717) is 17.1 Å². The van der Waals surface area contributed by atoms with Gasteiger partial charge in [-0.3, -0.25) is 5.10 Å². The first kappa shape index (κ1) is 10.3. The topological polar surface area (TPSA) is 105 Å². The molecule has 7 nitrogen and oxygen atoms in total. The van der Waals surface area contributed by atoms with E-state index in [1.807, 2.05) is 13.0 Å².